The number of likely N-dealkylation sites (N-methyl/N-ethyl adjacent to an activating group) is 1. The number of carbonyl (C=O) groups excluding carboxylic acids is 2. The quantitative estimate of drug-likeness (QED) is 0.637. The number of hydrogen-bond donors (Lipinski definition) is 3. The Bertz CT molecular complexity index is 257. The monoisotopic (exact) mass is 333 g/mol. The van der Waals surface area contributed by atoms with Gasteiger partial charge >= 0.3 is 0 Å². The first kappa shape index (κ1) is 30.0. The van der Waals surface area contributed by atoms with Crippen LogP contribution >= 0.6 is 0 Å². The van der Waals surface area contributed by atoms with Crippen molar-refractivity contribution in [3.05, 3.63) is 0 Å². The zero-order chi connectivity index (χ0) is 19.4. The van der Waals surface area contributed by atoms with Crippen LogP contribution in [0.2, 0.25) is 0 Å². The van der Waals surface area contributed by atoms with Crippen LogP contribution in [0.5, 0.6) is 0 Å². The average molecular weight is 334 g/mol. The van der Waals surface area contributed by atoms with Gasteiger partial charge in [-0.1, -0.05) is 55.4 Å². The SMILES string of the molecule is CC.CC.CC.CNC(C(=O)NC(CCCN)C(C)=O)C(C)C. The van der Waals surface area contributed by atoms with Crippen molar-refractivity contribution in [2.24, 2.45) is 11.7 Å². The van der Waals surface area contributed by atoms with Crippen molar-refractivity contribution in [3.63, 3.8) is 0 Å². The van der Waals surface area contributed by atoms with E-state index in [2.05, 4.69) is 10.6 Å². The van der Waals surface area contributed by atoms with E-state index in [-0.39, 0.29) is 23.7 Å². The number of carbonyl (C=O) groups is 2. The molecule has 0 heterocycles. The van der Waals surface area contributed by atoms with Gasteiger partial charge in [0.15, 0.2) is 5.78 Å². The van der Waals surface area contributed by atoms with Crippen LogP contribution in [-0.2, 0) is 9.59 Å². The molecule has 0 aliphatic heterocycles. The predicted octanol–water partition coefficient (Wildman–Crippen LogP) is 3.12. The molecule has 0 saturated heterocycles. The Morgan fingerprint density at radius 2 is 1.43 bits per heavy atom. The maximum Gasteiger partial charge on any atom is 0.237 e. The predicted molar refractivity (Wildman–Crippen MR) is 103 cm³/mol. The van der Waals surface area contributed by atoms with E-state index in [1.165, 1.54) is 6.92 Å². The fourth-order valence-electron chi connectivity index (χ4n) is 1.73. The van der Waals surface area contributed by atoms with Crippen LogP contribution in [0.4, 0.5) is 0 Å². The fourth-order valence-corrected chi connectivity index (χ4v) is 1.73. The van der Waals surface area contributed by atoms with Crippen LogP contribution in [0.1, 0.15) is 75.2 Å². The standard InChI is InChI=1S/C12H25N3O2.3C2H6/c1-8(2)11(14-4)12(17)15-10(9(3)16)6-5-7-13;3*1-2/h8,10-11,14H,5-7,13H2,1-4H3,(H,15,17);3*1-2H3. The van der Waals surface area contributed by atoms with Gasteiger partial charge in [0.25, 0.3) is 0 Å². The number of rotatable bonds is 8. The number of nitrogens with two attached hydrogens (primary N) is 1. The molecule has 0 rings (SSSR count). The second kappa shape index (κ2) is 23.3. The minimum absolute atomic E-state index is 0.0228. The van der Waals surface area contributed by atoms with Crippen molar-refractivity contribution < 1.29 is 9.59 Å². The average Bonchev–Trinajstić information content (AvgIpc) is 2.57. The minimum atomic E-state index is -0.416. The molecule has 0 aliphatic rings. The van der Waals surface area contributed by atoms with Gasteiger partial charge in [0.2, 0.25) is 5.91 Å². The zero-order valence-electron chi connectivity index (χ0n) is 17.2. The van der Waals surface area contributed by atoms with E-state index in [4.69, 9.17) is 5.73 Å². The van der Waals surface area contributed by atoms with Gasteiger partial charge in [-0.05, 0) is 39.3 Å². The zero-order valence-corrected chi connectivity index (χ0v) is 17.2. The molecule has 1 amide bonds. The first-order valence-electron chi connectivity index (χ1n) is 9.12. The Kier molecular flexibility index (Phi) is 30.4. The maximum absolute atomic E-state index is 11.9. The first-order valence-corrected chi connectivity index (χ1v) is 9.12. The largest absolute Gasteiger partial charge is 0.345 e. The van der Waals surface area contributed by atoms with Gasteiger partial charge in [-0.15, -0.1) is 0 Å². The molecule has 0 bridgehead atoms. The summed E-state index contributed by atoms with van der Waals surface area (Å²) in [5, 5.41) is 5.73. The van der Waals surface area contributed by atoms with Crippen molar-refractivity contribution in [2.75, 3.05) is 13.6 Å². The highest BCUT2D eigenvalue weighted by Gasteiger charge is 2.24. The number of nitrogens with one attached hydrogen (secondary N) is 2. The van der Waals surface area contributed by atoms with E-state index in [1.807, 2.05) is 55.4 Å². The molecule has 0 aromatic carbocycles. The van der Waals surface area contributed by atoms with E-state index in [1.54, 1.807) is 7.05 Å². The summed E-state index contributed by atoms with van der Waals surface area (Å²) in [6.07, 6.45) is 1.34. The molecule has 23 heavy (non-hydrogen) atoms. The molecule has 0 aromatic rings. The van der Waals surface area contributed by atoms with Gasteiger partial charge in [0, 0.05) is 0 Å². The molecule has 2 unspecified atom stereocenters. The third-order valence-corrected chi connectivity index (χ3v) is 2.76. The lowest BCUT2D eigenvalue weighted by Gasteiger charge is -2.23. The fraction of sp³-hybridized carbons (Fsp3) is 0.889. The summed E-state index contributed by atoms with van der Waals surface area (Å²) in [5.41, 5.74) is 5.41. The molecule has 142 valence electrons. The summed E-state index contributed by atoms with van der Waals surface area (Å²) >= 11 is 0. The number of Topliss-reactive ketones (excluding diaryl/α,β-unsaturated/α-hetero) is 1. The van der Waals surface area contributed by atoms with Gasteiger partial charge in [-0.25, -0.2) is 0 Å². The molecule has 0 saturated carbocycles. The second-order valence-corrected chi connectivity index (χ2v) is 4.61. The summed E-state index contributed by atoms with van der Waals surface area (Å²) in [6, 6.07) is -0.685. The summed E-state index contributed by atoms with van der Waals surface area (Å²) in [4.78, 5) is 23.3. The third kappa shape index (κ3) is 17.2. The third-order valence-electron chi connectivity index (χ3n) is 2.76. The van der Waals surface area contributed by atoms with Gasteiger partial charge in [-0.2, -0.15) is 0 Å². The number of ketones is 1. The number of amides is 1. The highest BCUT2D eigenvalue weighted by Crippen LogP contribution is 2.04. The highest BCUT2D eigenvalue weighted by atomic mass is 16.2. The Labute approximate surface area is 145 Å². The van der Waals surface area contributed by atoms with Crippen LogP contribution in [0.3, 0.4) is 0 Å². The molecular weight excluding hydrogens is 290 g/mol. The van der Waals surface area contributed by atoms with Crippen molar-refractivity contribution in [1.82, 2.24) is 10.6 Å². The highest BCUT2D eigenvalue weighted by molar-refractivity contribution is 5.89. The lowest BCUT2D eigenvalue weighted by molar-refractivity contribution is -0.129. The van der Waals surface area contributed by atoms with E-state index in [0.717, 1.165) is 6.42 Å². The van der Waals surface area contributed by atoms with Crippen molar-refractivity contribution in [1.29, 1.82) is 0 Å². The Hall–Kier alpha value is -0.940. The topological polar surface area (TPSA) is 84.2 Å². The Morgan fingerprint density at radius 3 is 1.70 bits per heavy atom. The van der Waals surface area contributed by atoms with E-state index in [9.17, 15) is 9.59 Å². The molecule has 2 atom stereocenters. The molecule has 0 aliphatic carbocycles. The normalized spacial score (nSPS) is 11.5. The summed E-state index contributed by atoms with van der Waals surface area (Å²) in [5.74, 6) is 0.0345. The van der Waals surface area contributed by atoms with E-state index < -0.39 is 6.04 Å². The van der Waals surface area contributed by atoms with Crippen LogP contribution in [0, 0.1) is 5.92 Å². The Morgan fingerprint density at radius 1 is 1.00 bits per heavy atom. The van der Waals surface area contributed by atoms with Gasteiger partial charge in [-0.3, -0.25) is 9.59 Å². The number of hydrogen-bond acceptors (Lipinski definition) is 4. The summed E-state index contributed by atoms with van der Waals surface area (Å²) < 4.78 is 0. The molecule has 0 fully saturated rings. The molecule has 5 nitrogen and oxygen atoms in total. The van der Waals surface area contributed by atoms with E-state index >= 15 is 0 Å². The van der Waals surface area contributed by atoms with Gasteiger partial charge < -0.3 is 16.4 Å². The van der Waals surface area contributed by atoms with Crippen LogP contribution < -0.4 is 16.4 Å². The maximum atomic E-state index is 11.9. The lowest BCUT2D eigenvalue weighted by atomic mass is 10.0. The van der Waals surface area contributed by atoms with Crippen molar-refractivity contribution >= 4 is 11.7 Å². The summed E-state index contributed by atoms with van der Waals surface area (Å²) in [6.45, 7) is 17.9. The molecule has 0 radical (unpaired) electrons. The van der Waals surface area contributed by atoms with Gasteiger partial charge in [0.05, 0.1) is 12.1 Å². The molecule has 5 heteroatoms. The van der Waals surface area contributed by atoms with E-state index in [0.29, 0.717) is 13.0 Å². The molecule has 0 aromatic heterocycles. The smallest absolute Gasteiger partial charge is 0.237 e. The first-order chi connectivity index (χ1) is 10.9. The molecule has 0 spiro atoms. The minimum Gasteiger partial charge on any atom is -0.345 e. The lowest BCUT2D eigenvalue weighted by Crippen LogP contribution is -2.51. The molecule has 4 N–H and O–H groups in total. The van der Waals surface area contributed by atoms with Gasteiger partial charge in [0.1, 0.15) is 0 Å². The van der Waals surface area contributed by atoms with Crippen molar-refractivity contribution in [2.45, 2.75) is 87.2 Å². The Balaban J connectivity index is -0.000000267. The molecular formula is C18H43N3O2. The van der Waals surface area contributed by atoms with Crippen LogP contribution in [-0.4, -0.2) is 37.4 Å². The van der Waals surface area contributed by atoms with Crippen LogP contribution in [0.15, 0.2) is 0 Å². The summed E-state index contributed by atoms with van der Waals surface area (Å²) in [7, 11) is 1.74. The van der Waals surface area contributed by atoms with Crippen molar-refractivity contribution in [3.8, 4) is 0 Å². The van der Waals surface area contributed by atoms with Crippen LogP contribution in [0.25, 0.3) is 0 Å². The second-order valence-electron chi connectivity index (χ2n) is 4.61.